The van der Waals surface area contributed by atoms with E-state index in [-0.39, 0.29) is 0 Å². The minimum atomic E-state index is -1.03. The molecule has 0 aromatic heterocycles. The van der Waals surface area contributed by atoms with Gasteiger partial charge in [0, 0.05) is 16.8 Å². The molecule has 0 aliphatic heterocycles. The SMILES string of the molecule is Cc1cccc(N=Cc2cc(Cl)ccc2OCC(=O)O)c1C. The van der Waals surface area contributed by atoms with Gasteiger partial charge in [-0.25, -0.2) is 4.79 Å². The molecule has 0 radical (unpaired) electrons. The number of hydrogen-bond acceptors (Lipinski definition) is 3. The minimum Gasteiger partial charge on any atom is -0.481 e. The third-order valence-corrected chi connectivity index (χ3v) is 3.48. The van der Waals surface area contributed by atoms with Crippen molar-refractivity contribution < 1.29 is 14.6 Å². The van der Waals surface area contributed by atoms with Crippen LogP contribution in [0.4, 0.5) is 5.69 Å². The molecule has 5 heteroatoms. The third-order valence-electron chi connectivity index (χ3n) is 3.24. The third kappa shape index (κ3) is 4.09. The Labute approximate surface area is 134 Å². The van der Waals surface area contributed by atoms with E-state index in [1.165, 1.54) is 0 Å². The summed E-state index contributed by atoms with van der Waals surface area (Å²) in [6.07, 6.45) is 1.63. The fraction of sp³-hybridized carbons (Fsp3) is 0.176. The van der Waals surface area contributed by atoms with Crippen molar-refractivity contribution in [3.63, 3.8) is 0 Å². The molecule has 0 saturated heterocycles. The van der Waals surface area contributed by atoms with Crippen molar-refractivity contribution in [3.8, 4) is 5.75 Å². The van der Waals surface area contributed by atoms with Gasteiger partial charge in [0.25, 0.3) is 0 Å². The number of carbonyl (C=O) groups is 1. The summed E-state index contributed by atoms with van der Waals surface area (Å²) in [5, 5.41) is 9.24. The standard InChI is InChI=1S/C17H16ClNO3/c1-11-4-3-5-15(12(11)2)19-9-13-8-14(18)6-7-16(13)22-10-17(20)21/h3-9H,10H2,1-2H3,(H,20,21). The van der Waals surface area contributed by atoms with Gasteiger partial charge in [0.05, 0.1) is 5.69 Å². The first-order valence-electron chi connectivity index (χ1n) is 6.72. The smallest absolute Gasteiger partial charge is 0.341 e. The molecule has 2 rings (SSSR count). The van der Waals surface area contributed by atoms with Crippen molar-refractivity contribution in [2.45, 2.75) is 13.8 Å². The van der Waals surface area contributed by atoms with E-state index in [0.717, 1.165) is 16.8 Å². The predicted molar refractivity (Wildman–Crippen MR) is 87.8 cm³/mol. The highest BCUT2D eigenvalue weighted by molar-refractivity contribution is 6.30. The van der Waals surface area contributed by atoms with Crippen LogP contribution in [-0.4, -0.2) is 23.9 Å². The van der Waals surface area contributed by atoms with Crippen LogP contribution < -0.4 is 4.74 Å². The van der Waals surface area contributed by atoms with Gasteiger partial charge < -0.3 is 9.84 Å². The number of aliphatic imine (C=N–C) groups is 1. The van der Waals surface area contributed by atoms with Gasteiger partial charge in [-0.1, -0.05) is 23.7 Å². The van der Waals surface area contributed by atoms with E-state index < -0.39 is 12.6 Å². The molecular formula is C17H16ClNO3. The lowest BCUT2D eigenvalue weighted by Crippen LogP contribution is -2.10. The second-order valence-corrected chi connectivity index (χ2v) is 5.28. The Morgan fingerprint density at radius 3 is 2.82 bits per heavy atom. The number of hydrogen-bond donors (Lipinski definition) is 1. The monoisotopic (exact) mass is 317 g/mol. The molecule has 0 saturated carbocycles. The largest absolute Gasteiger partial charge is 0.481 e. The van der Waals surface area contributed by atoms with Gasteiger partial charge in [-0.15, -0.1) is 0 Å². The summed E-state index contributed by atoms with van der Waals surface area (Å²) in [4.78, 5) is 15.1. The Bertz CT molecular complexity index is 726. The molecule has 2 aromatic carbocycles. The van der Waals surface area contributed by atoms with Gasteiger partial charge in [0.2, 0.25) is 0 Å². The van der Waals surface area contributed by atoms with E-state index in [0.29, 0.717) is 16.3 Å². The van der Waals surface area contributed by atoms with E-state index >= 15 is 0 Å². The number of benzene rings is 2. The van der Waals surface area contributed by atoms with E-state index in [1.807, 2.05) is 32.0 Å². The first-order valence-corrected chi connectivity index (χ1v) is 7.09. The van der Waals surface area contributed by atoms with Crippen molar-refractivity contribution in [3.05, 3.63) is 58.1 Å². The molecule has 1 N–H and O–H groups in total. The Balaban J connectivity index is 2.31. The Morgan fingerprint density at radius 2 is 2.09 bits per heavy atom. The lowest BCUT2D eigenvalue weighted by Gasteiger charge is -2.08. The van der Waals surface area contributed by atoms with Gasteiger partial charge in [-0.2, -0.15) is 0 Å². The molecule has 0 aliphatic carbocycles. The normalized spacial score (nSPS) is 10.9. The number of carboxylic acid groups (broad SMARTS) is 1. The molecule has 22 heavy (non-hydrogen) atoms. The molecule has 0 aliphatic rings. The highest BCUT2D eigenvalue weighted by atomic mass is 35.5. The van der Waals surface area contributed by atoms with Crippen molar-refractivity contribution in [2.75, 3.05) is 6.61 Å². The Kier molecular flexibility index (Phi) is 5.17. The van der Waals surface area contributed by atoms with Crippen molar-refractivity contribution >= 4 is 29.5 Å². The van der Waals surface area contributed by atoms with Crippen LogP contribution in [-0.2, 0) is 4.79 Å². The molecule has 114 valence electrons. The van der Waals surface area contributed by atoms with E-state index in [2.05, 4.69) is 4.99 Å². The highest BCUT2D eigenvalue weighted by Gasteiger charge is 2.06. The zero-order valence-corrected chi connectivity index (χ0v) is 13.1. The maximum Gasteiger partial charge on any atom is 0.341 e. The van der Waals surface area contributed by atoms with Crippen molar-refractivity contribution in [2.24, 2.45) is 4.99 Å². The van der Waals surface area contributed by atoms with Gasteiger partial charge in [0.1, 0.15) is 5.75 Å². The van der Waals surface area contributed by atoms with Gasteiger partial charge in [0.15, 0.2) is 6.61 Å². The zero-order chi connectivity index (χ0) is 16.1. The molecular weight excluding hydrogens is 302 g/mol. The van der Waals surface area contributed by atoms with Crippen LogP contribution in [0.3, 0.4) is 0 Å². The molecule has 0 spiro atoms. The molecule has 0 unspecified atom stereocenters. The summed E-state index contributed by atoms with van der Waals surface area (Å²) in [6, 6.07) is 10.8. The number of aryl methyl sites for hydroxylation is 1. The summed E-state index contributed by atoms with van der Waals surface area (Å²) in [6.45, 7) is 3.61. The fourth-order valence-corrected chi connectivity index (χ4v) is 2.09. The van der Waals surface area contributed by atoms with Gasteiger partial charge >= 0.3 is 5.97 Å². The second kappa shape index (κ2) is 7.09. The first-order chi connectivity index (χ1) is 10.5. The van der Waals surface area contributed by atoms with Crippen LogP contribution in [0.25, 0.3) is 0 Å². The van der Waals surface area contributed by atoms with Crippen LogP contribution in [0.15, 0.2) is 41.4 Å². The van der Waals surface area contributed by atoms with Gasteiger partial charge in [-0.05, 0) is 49.2 Å². The molecule has 2 aromatic rings. The minimum absolute atomic E-state index is 0.411. The molecule has 0 atom stereocenters. The quantitative estimate of drug-likeness (QED) is 0.842. The maximum atomic E-state index is 10.6. The van der Waals surface area contributed by atoms with Crippen molar-refractivity contribution in [1.82, 2.24) is 0 Å². The first kappa shape index (κ1) is 16.0. The van der Waals surface area contributed by atoms with Crippen molar-refractivity contribution in [1.29, 1.82) is 0 Å². The number of aliphatic carboxylic acids is 1. The summed E-state index contributed by atoms with van der Waals surface area (Å²) in [5.41, 5.74) is 3.73. The van der Waals surface area contributed by atoms with Gasteiger partial charge in [-0.3, -0.25) is 4.99 Å². The summed E-state index contributed by atoms with van der Waals surface area (Å²) in [5.74, 6) is -0.603. The predicted octanol–water partition coefficient (Wildman–Crippen LogP) is 4.17. The average Bonchev–Trinajstić information content (AvgIpc) is 2.47. The molecule has 0 fully saturated rings. The van der Waals surface area contributed by atoms with Crippen LogP contribution in [0, 0.1) is 13.8 Å². The molecule has 0 amide bonds. The molecule has 4 nitrogen and oxygen atoms in total. The van der Waals surface area contributed by atoms with Crippen LogP contribution >= 0.6 is 11.6 Å². The van der Waals surface area contributed by atoms with Crippen LogP contribution in [0.5, 0.6) is 5.75 Å². The number of carboxylic acids is 1. The summed E-state index contributed by atoms with van der Waals surface area (Å²) in [7, 11) is 0. The van der Waals surface area contributed by atoms with E-state index in [1.54, 1.807) is 24.4 Å². The highest BCUT2D eigenvalue weighted by Crippen LogP contribution is 2.24. The van der Waals surface area contributed by atoms with E-state index in [4.69, 9.17) is 21.4 Å². The number of halogens is 1. The number of rotatable bonds is 5. The maximum absolute atomic E-state index is 10.6. The second-order valence-electron chi connectivity index (χ2n) is 4.84. The van der Waals surface area contributed by atoms with Crippen LogP contribution in [0.2, 0.25) is 5.02 Å². The van der Waals surface area contributed by atoms with Crippen LogP contribution in [0.1, 0.15) is 16.7 Å². The topological polar surface area (TPSA) is 58.9 Å². The lowest BCUT2D eigenvalue weighted by atomic mass is 10.1. The van der Waals surface area contributed by atoms with E-state index in [9.17, 15) is 4.79 Å². The summed E-state index contributed by atoms with van der Waals surface area (Å²) < 4.78 is 5.25. The fourth-order valence-electron chi connectivity index (χ4n) is 1.91. The Hall–Kier alpha value is -2.33. The number of ether oxygens (including phenoxy) is 1. The lowest BCUT2D eigenvalue weighted by molar-refractivity contribution is -0.139. The molecule has 0 heterocycles. The molecule has 0 bridgehead atoms. The zero-order valence-electron chi connectivity index (χ0n) is 12.3. The number of nitrogens with zero attached hydrogens (tertiary/aromatic N) is 1. The summed E-state index contributed by atoms with van der Waals surface area (Å²) >= 11 is 5.98. The average molecular weight is 318 g/mol. The Morgan fingerprint density at radius 1 is 1.32 bits per heavy atom.